The highest BCUT2D eigenvalue weighted by Gasteiger charge is 2.17. The summed E-state index contributed by atoms with van der Waals surface area (Å²) in [4.78, 5) is 40.0. The predicted octanol–water partition coefficient (Wildman–Crippen LogP) is 14.8. The Morgan fingerprint density at radius 1 is 0.474 bits per heavy atom. The number of allylic oxidation sites excluding steroid dienone is 2. The Labute approximate surface area is 355 Å². The molecule has 0 radical (unpaired) electrons. The lowest BCUT2D eigenvalue weighted by atomic mass is 9.94. The van der Waals surface area contributed by atoms with E-state index in [-0.39, 0.29) is 11.9 Å². The monoisotopic (exact) mass is 820 g/mol. The lowest BCUT2D eigenvalue weighted by Gasteiger charge is -2.17. The summed E-state index contributed by atoms with van der Waals surface area (Å²) in [6, 6.07) is 0. The van der Waals surface area contributed by atoms with Gasteiger partial charge < -0.3 is 14.4 Å². The first-order valence-electron chi connectivity index (χ1n) is 24.3. The van der Waals surface area contributed by atoms with Crippen LogP contribution in [0, 0.1) is 11.8 Å². The van der Waals surface area contributed by atoms with Crippen molar-refractivity contribution in [3.05, 3.63) is 24.3 Å². The molecule has 0 atom stereocenters. The maximum absolute atomic E-state index is 13.2. The quantitative estimate of drug-likeness (QED) is 0.0264. The third-order valence-electron chi connectivity index (χ3n) is 11.2. The molecule has 57 heavy (non-hydrogen) atoms. The van der Waals surface area contributed by atoms with Crippen LogP contribution in [-0.2, 0) is 23.9 Å². The maximum atomic E-state index is 13.2. The fourth-order valence-corrected chi connectivity index (χ4v) is 9.90. The molecule has 0 spiro atoms. The maximum Gasteiger partial charge on any atom is 0.306 e. The van der Waals surface area contributed by atoms with Gasteiger partial charge in [0.25, 0.3) is 0 Å². The minimum Gasteiger partial charge on any atom is -0.461 e. The van der Waals surface area contributed by atoms with Gasteiger partial charge in [-0.15, -0.1) is 0 Å². The molecule has 0 heterocycles. The highest BCUT2D eigenvalue weighted by molar-refractivity contribution is 7.74. The molecule has 0 bridgehead atoms. The SMILES string of the molecule is CCCCCC(/C=C\COC(=O)CCCCCCCP(CCCCCCCC(=O)OC/C=C\C(CCCCC)CCCCC)C(=O)CCCN(C)C)CCCCC. The van der Waals surface area contributed by atoms with Gasteiger partial charge >= 0.3 is 11.9 Å². The summed E-state index contributed by atoms with van der Waals surface area (Å²) < 4.78 is 11.0. The van der Waals surface area contributed by atoms with Gasteiger partial charge in [-0.25, -0.2) is 0 Å². The molecule has 0 aliphatic carbocycles. The summed E-state index contributed by atoms with van der Waals surface area (Å²) in [6.07, 6.45) is 44.3. The molecule has 0 fully saturated rings. The van der Waals surface area contributed by atoms with Crippen molar-refractivity contribution in [2.45, 2.75) is 220 Å². The van der Waals surface area contributed by atoms with Gasteiger partial charge in [-0.3, -0.25) is 14.4 Å². The van der Waals surface area contributed by atoms with Crippen molar-refractivity contribution >= 4 is 25.4 Å². The number of carbonyl (C=O) groups is 3. The Kier molecular flexibility index (Phi) is 41.5. The molecule has 0 unspecified atom stereocenters. The second-order valence-corrected chi connectivity index (χ2v) is 19.5. The van der Waals surface area contributed by atoms with E-state index in [0.717, 1.165) is 89.5 Å². The van der Waals surface area contributed by atoms with E-state index in [1.54, 1.807) is 0 Å². The van der Waals surface area contributed by atoms with Gasteiger partial charge in [-0.1, -0.05) is 168 Å². The molecule has 0 aliphatic heterocycles. The molecule has 0 aromatic rings. The zero-order chi connectivity index (χ0) is 42.0. The van der Waals surface area contributed by atoms with E-state index < -0.39 is 7.92 Å². The zero-order valence-electron chi connectivity index (χ0n) is 38.6. The summed E-state index contributed by atoms with van der Waals surface area (Å²) in [5, 5.41) is 0. The van der Waals surface area contributed by atoms with Crippen LogP contribution in [0.25, 0.3) is 0 Å². The number of hydrogen-bond acceptors (Lipinski definition) is 6. The lowest BCUT2D eigenvalue weighted by Crippen LogP contribution is -2.14. The number of unbranched alkanes of at least 4 members (excludes halogenated alkanes) is 16. The first-order chi connectivity index (χ1) is 27.8. The molecule has 0 amide bonds. The summed E-state index contributed by atoms with van der Waals surface area (Å²) in [5.41, 5.74) is 0.502. The molecule has 0 aromatic carbocycles. The van der Waals surface area contributed by atoms with E-state index in [0.29, 0.717) is 49.8 Å². The van der Waals surface area contributed by atoms with E-state index in [2.05, 4.69) is 71.0 Å². The van der Waals surface area contributed by atoms with E-state index in [1.165, 1.54) is 103 Å². The number of carbonyl (C=O) groups excluding carboxylic acids is 3. The van der Waals surface area contributed by atoms with Crippen LogP contribution >= 0.6 is 7.92 Å². The molecule has 0 aromatic heterocycles. The van der Waals surface area contributed by atoms with Gasteiger partial charge in [0.15, 0.2) is 5.52 Å². The van der Waals surface area contributed by atoms with Crippen LogP contribution in [-0.4, -0.2) is 68.5 Å². The Morgan fingerprint density at radius 3 is 1.21 bits per heavy atom. The normalized spacial score (nSPS) is 12.0. The Hall–Kier alpha value is -1.52. The third-order valence-corrected chi connectivity index (χ3v) is 13.8. The molecular weight excluding hydrogens is 726 g/mol. The Morgan fingerprint density at radius 2 is 0.842 bits per heavy atom. The standard InChI is InChI=1S/C50H94NO5P/c1-7-11-21-32-46(33-22-12-8-2)36-30-42-55-48(52)38-25-17-15-19-27-44-57(50(54)40-29-41-51(5)6)45-28-20-16-18-26-39-49(53)56-43-31-37-47(34-23-13-9-3)35-24-14-10-4/h30-31,36-37,46-47H,7-29,32-35,38-45H2,1-6H3/b36-30-,37-31-. The van der Waals surface area contributed by atoms with Crippen LogP contribution in [0.4, 0.5) is 0 Å². The van der Waals surface area contributed by atoms with Crippen LogP contribution in [0.3, 0.4) is 0 Å². The number of rotatable bonds is 43. The van der Waals surface area contributed by atoms with Crippen LogP contribution < -0.4 is 0 Å². The smallest absolute Gasteiger partial charge is 0.306 e. The van der Waals surface area contributed by atoms with Gasteiger partial charge in [0.2, 0.25) is 0 Å². The number of nitrogens with zero attached hydrogens (tertiary/aromatic N) is 1. The summed E-state index contributed by atoms with van der Waals surface area (Å²) in [6.45, 7) is 10.8. The van der Waals surface area contributed by atoms with Gasteiger partial charge in [-0.05, 0) is 111 Å². The second-order valence-electron chi connectivity index (χ2n) is 17.0. The third kappa shape index (κ3) is 38.4. The first kappa shape index (κ1) is 55.5. The Balaban J connectivity index is 4.35. The number of ether oxygens (including phenoxy) is 2. The molecular formula is C50H94NO5P. The highest BCUT2D eigenvalue weighted by atomic mass is 31.1. The molecule has 334 valence electrons. The summed E-state index contributed by atoms with van der Waals surface area (Å²) >= 11 is 0. The fraction of sp³-hybridized carbons (Fsp3) is 0.860. The van der Waals surface area contributed by atoms with E-state index in [4.69, 9.17) is 9.47 Å². The molecule has 0 rings (SSSR count). The number of esters is 2. The van der Waals surface area contributed by atoms with Gasteiger partial charge in [0.05, 0.1) is 0 Å². The molecule has 0 saturated carbocycles. The minimum absolute atomic E-state index is 0.0812. The van der Waals surface area contributed by atoms with Crippen molar-refractivity contribution in [3.8, 4) is 0 Å². The average molecular weight is 820 g/mol. The largest absolute Gasteiger partial charge is 0.461 e. The van der Waals surface area contributed by atoms with Crippen molar-refractivity contribution in [3.63, 3.8) is 0 Å². The van der Waals surface area contributed by atoms with Gasteiger partial charge in [-0.2, -0.15) is 0 Å². The molecule has 0 N–H and O–H groups in total. The first-order valence-corrected chi connectivity index (χ1v) is 26.0. The summed E-state index contributed by atoms with van der Waals surface area (Å²) in [5.74, 6) is 1.06. The predicted molar refractivity (Wildman–Crippen MR) is 249 cm³/mol. The Bertz CT molecular complexity index is 898. The van der Waals surface area contributed by atoms with Crippen LogP contribution in [0.15, 0.2) is 24.3 Å². The van der Waals surface area contributed by atoms with Gasteiger partial charge in [0, 0.05) is 19.3 Å². The highest BCUT2D eigenvalue weighted by Crippen LogP contribution is 2.41. The zero-order valence-corrected chi connectivity index (χ0v) is 39.5. The average Bonchev–Trinajstić information content (AvgIpc) is 3.19. The molecule has 6 nitrogen and oxygen atoms in total. The number of hydrogen-bond donors (Lipinski definition) is 0. The summed E-state index contributed by atoms with van der Waals surface area (Å²) in [7, 11) is 3.56. The van der Waals surface area contributed by atoms with Crippen LogP contribution in [0.5, 0.6) is 0 Å². The van der Waals surface area contributed by atoms with Crippen LogP contribution in [0.1, 0.15) is 220 Å². The van der Waals surface area contributed by atoms with Crippen molar-refractivity contribution in [1.29, 1.82) is 0 Å². The topological polar surface area (TPSA) is 72.9 Å². The van der Waals surface area contributed by atoms with E-state index in [1.807, 2.05) is 0 Å². The van der Waals surface area contributed by atoms with Crippen molar-refractivity contribution in [2.75, 3.05) is 46.2 Å². The van der Waals surface area contributed by atoms with E-state index in [9.17, 15) is 14.4 Å². The van der Waals surface area contributed by atoms with E-state index >= 15 is 0 Å². The fourth-order valence-electron chi connectivity index (χ4n) is 7.49. The molecule has 0 saturated heterocycles. The van der Waals surface area contributed by atoms with Crippen LogP contribution in [0.2, 0.25) is 0 Å². The minimum atomic E-state index is -0.587. The lowest BCUT2D eigenvalue weighted by molar-refractivity contribution is -0.143. The second kappa shape index (κ2) is 42.6. The van der Waals surface area contributed by atoms with Gasteiger partial charge in [0.1, 0.15) is 13.2 Å². The van der Waals surface area contributed by atoms with Crippen molar-refractivity contribution in [1.82, 2.24) is 4.90 Å². The van der Waals surface area contributed by atoms with Crippen molar-refractivity contribution < 1.29 is 23.9 Å². The molecule has 7 heteroatoms. The molecule has 0 aliphatic rings. The van der Waals surface area contributed by atoms with Crippen molar-refractivity contribution in [2.24, 2.45) is 11.8 Å².